The Hall–Kier alpha value is 0.0649. The summed E-state index contributed by atoms with van der Waals surface area (Å²) in [7, 11) is 2.43. The minimum absolute atomic E-state index is 0.980. The smallest absolute Gasteiger partial charge is 0.0697 e. The van der Waals surface area contributed by atoms with Crippen molar-refractivity contribution in [1.82, 2.24) is 0 Å². The minimum atomic E-state index is 0.980. The largest absolute Gasteiger partial charge is 0.105 e. The lowest BCUT2D eigenvalue weighted by Gasteiger charge is -2.25. The van der Waals surface area contributed by atoms with Gasteiger partial charge in [0.2, 0.25) is 0 Å². The molecule has 1 saturated carbocycles. The van der Waals surface area contributed by atoms with Gasteiger partial charge in [-0.15, -0.1) is 0 Å². The van der Waals surface area contributed by atoms with Crippen molar-refractivity contribution in [2.45, 2.75) is 83.4 Å². The van der Waals surface area contributed by atoms with Gasteiger partial charge < -0.3 is 0 Å². The molecule has 0 saturated heterocycles. The lowest BCUT2D eigenvalue weighted by atomic mass is 9.78. The Bertz CT molecular complexity index is 140. The lowest BCUT2D eigenvalue weighted by molar-refractivity contribution is 0.286. The van der Waals surface area contributed by atoms with Crippen molar-refractivity contribution in [2.75, 3.05) is 0 Å². The SMILES string of the molecule is BC(CCCC)CCCCCC1CCC1. The molecule has 1 atom stereocenters. The molecule has 0 radical (unpaired) electrons. The van der Waals surface area contributed by atoms with E-state index in [0.717, 1.165) is 11.7 Å². The maximum absolute atomic E-state index is 2.43. The third-order valence-electron chi connectivity index (χ3n) is 4.08. The molecule has 0 bridgehead atoms. The summed E-state index contributed by atoms with van der Waals surface area (Å²) in [5.41, 5.74) is 0. The van der Waals surface area contributed by atoms with E-state index >= 15 is 0 Å². The van der Waals surface area contributed by atoms with Crippen LogP contribution in [0.5, 0.6) is 0 Å². The Kier molecular flexibility index (Phi) is 7.22. The average molecular weight is 208 g/mol. The fourth-order valence-electron chi connectivity index (χ4n) is 2.58. The Morgan fingerprint density at radius 1 is 1.07 bits per heavy atom. The first kappa shape index (κ1) is 13.1. The number of unbranched alkanes of at least 4 members (excludes halogenated alkanes) is 3. The molecule has 0 amide bonds. The van der Waals surface area contributed by atoms with Crippen LogP contribution in [0.1, 0.15) is 77.6 Å². The summed E-state index contributed by atoms with van der Waals surface area (Å²) in [5.74, 6) is 2.11. The van der Waals surface area contributed by atoms with Crippen molar-refractivity contribution in [3.63, 3.8) is 0 Å². The van der Waals surface area contributed by atoms with Gasteiger partial charge in [-0.2, -0.15) is 0 Å². The predicted molar refractivity (Wildman–Crippen MR) is 72.2 cm³/mol. The molecular formula is C14H29B. The quantitative estimate of drug-likeness (QED) is 0.390. The first-order valence-electron chi connectivity index (χ1n) is 7.33. The van der Waals surface area contributed by atoms with Crippen LogP contribution in [0.3, 0.4) is 0 Å². The summed E-state index contributed by atoms with van der Waals surface area (Å²) >= 11 is 0. The fourth-order valence-corrected chi connectivity index (χ4v) is 2.58. The molecule has 0 heterocycles. The van der Waals surface area contributed by atoms with Gasteiger partial charge in [0.25, 0.3) is 0 Å². The molecule has 1 rings (SSSR count). The van der Waals surface area contributed by atoms with E-state index in [1.165, 1.54) is 70.6 Å². The van der Waals surface area contributed by atoms with Crippen LogP contribution in [0.15, 0.2) is 0 Å². The zero-order chi connectivity index (χ0) is 10.9. The van der Waals surface area contributed by atoms with Crippen molar-refractivity contribution in [2.24, 2.45) is 5.92 Å². The standard InChI is InChI=1S/C14H29B/c1-2-3-11-14(15)12-6-4-5-8-13-9-7-10-13/h13-14H,2-12,15H2,1H3. The summed E-state index contributed by atoms with van der Waals surface area (Å²) in [4.78, 5) is 0. The Balaban J connectivity index is 1.78. The molecule has 0 spiro atoms. The number of hydrogen-bond donors (Lipinski definition) is 0. The topological polar surface area (TPSA) is 0 Å². The van der Waals surface area contributed by atoms with Gasteiger partial charge in [-0.3, -0.25) is 0 Å². The van der Waals surface area contributed by atoms with E-state index in [9.17, 15) is 0 Å². The van der Waals surface area contributed by atoms with E-state index < -0.39 is 0 Å². The van der Waals surface area contributed by atoms with Crippen LogP contribution in [0.4, 0.5) is 0 Å². The van der Waals surface area contributed by atoms with Gasteiger partial charge in [0.1, 0.15) is 7.85 Å². The second-order valence-corrected chi connectivity index (χ2v) is 5.68. The number of hydrogen-bond acceptors (Lipinski definition) is 0. The first-order chi connectivity index (χ1) is 7.33. The lowest BCUT2D eigenvalue weighted by Crippen LogP contribution is -2.10. The molecule has 1 heteroatoms. The highest BCUT2D eigenvalue weighted by Crippen LogP contribution is 2.31. The predicted octanol–water partition coefficient (Wildman–Crippen LogP) is 4.35. The molecule has 0 N–H and O–H groups in total. The molecule has 1 fully saturated rings. The third kappa shape index (κ3) is 6.27. The molecule has 1 unspecified atom stereocenters. The van der Waals surface area contributed by atoms with Crippen molar-refractivity contribution < 1.29 is 0 Å². The van der Waals surface area contributed by atoms with Crippen LogP contribution >= 0.6 is 0 Å². The molecule has 15 heavy (non-hydrogen) atoms. The molecule has 1 aliphatic carbocycles. The molecule has 0 aromatic carbocycles. The third-order valence-corrected chi connectivity index (χ3v) is 4.08. The maximum atomic E-state index is 2.43. The van der Waals surface area contributed by atoms with Crippen molar-refractivity contribution in [3.8, 4) is 0 Å². The molecule has 0 aromatic rings. The summed E-state index contributed by atoms with van der Waals surface area (Å²) < 4.78 is 0. The van der Waals surface area contributed by atoms with Gasteiger partial charge in [-0.05, 0) is 5.92 Å². The Morgan fingerprint density at radius 2 is 1.80 bits per heavy atom. The van der Waals surface area contributed by atoms with Crippen LogP contribution < -0.4 is 0 Å². The monoisotopic (exact) mass is 208 g/mol. The van der Waals surface area contributed by atoms with Crippen molar-refractivity contribution >= 4 is 7.85 Å². The van der Waals surface area contributed by atoms with E-state index in [0.29, 0.717) is 0 Å². The van der Waals surface area contributed by atoms with Gasteiger partial charge in [0.15, 0.2) is 0 Å². The molecule has 0 aliphatic heterocycles. The fraction of sp³-hybridized carbons (Fsp3) is 1.00. The minimum Gasteiger partial charge on any atom is -0.0697 e. The average Bonchev–Trinajstić information content (AvgIpc) is 2.17. The summed E-state index contributed by atoms with van der Waals surface area (Å²) in [6, 6.07) is 0. The van der Waals surface area contributed by atoms with Gasteiger partial charge in [0.05, 0.1) is 0 Å². The van der Waals surface area contributed by atoms with Crippen LogP contribution in [-0.2, 0) is 0 Å². The van der Waals surface area contributed by atoms with E-state index in [1.807, 2.05) is 0 Å². The van der Waals surface area contributed by atoms with E-state index in [1.54, 1.807) is 0 Å². The van der Waals surface area contributed by atoms with Crippen molar-refractivity contribution in [1.29, 1.82) is 0 Å². The summed E-state index contributed by atoms with van der Waals surface area (Å²) in [6.45, 7) is 2.30. The highest BCUT2D eigenvalue weighted by Gasteiger charge is 2.16. The molecule has 1 aliphatic rings. The Labute approximate surface area is 97.6 Å². The summed E-state index contributed by atoms with van der Waals surface area (Å²) in [6.07, 6.45) is 16.3. The zero-order valence-corrected chi connectivity index (χ0v) is 10.9. The van der Waals surface area contributed by atoms with Gasteiger partial charge >= 0.3 is 0 Å². The maximum Gasteiger partial charge on any atom is 0.105 e. The van der Waals surface area contributed by atoms with E-state index in [2.05, 4.69) is 14.8 Å². The molecule has 88 valence electrons. The van der Waals surface area contributed by atoms with Crippen molar-refractivity contribution in [3.05, 3.63) is 0 Å². The highest BCUT2D eigenvalue weighted by atomic mass is 14.2. The molecule has 0 aromatic heterocycles. The van der Waals surface area contributed by atoms with Crippen LogP contribution in [0.2, 0.25) is 5.82 Å². The van der Waals surface area contributed by atoms with Gasteiger partial charge in [-0.25, -0.2) is 0 Å². The Morgan fingerprint density at radius 3 is 2.40 bits per heavy atom. The second kappa shape index (κ2) is 8.24. The van der Waals surface area contributed by atoms with Crippen LogP contribution in [-0.4, -0.2) is 7.85 Å². The molecular weight excluding hydrogens is 179 g/mol. The summed E-state index contributed by atoms with van der Waals surface area (Å²) in [5, 5.41) is 0. The first-order valence-corrected chi connectivity index (χ1v) is 7.33. The highest BCUT2D eigenvalue weighted by molar-refractivity contribution is 6.11. The van der Waals surface area contributed by atoms with E-state index in [-0.39, 0.29) is 0 Å². The van der Waals surface area contributed by atoms with Gasteiger partial charge in [-0.1, -0.05) is 83.4 Å². The van der Waals surface area contributed by atoms with Crippen LogP contribution in [0.25, 0.3) is 0 Å². The second-order valence-electron chi connectivity index (χ2n) is 5.68. The van der Waals surface area contributed by atoms with Crippen LogP contribution in [0, 0.1) is 5.92 Å². The zero-order valence-electron chi connectivity index (χ0n) is 10.9. The van der Waals surface area contributed by atoms with Gasteiger partial charge in [0, 0.05) is 0 Å². The van der Waals surface area contributed by atoms with E-state index in [4.69, 9.17) is 0 Å². The normalized spacial score (nSPS) is 18.7. The number of rotatable bonds is 9. The molecule has 0 nitrogen and oxygen atoms in total.